The number of nitrogens with zero attached hydrogens (tertiary/aromatic N) is 1. The number of hydrogen-bond donors (Lipinski definition) is 0. The summed E-state index contributed by atoms with van der Waals surface area (Å²) in [6.07, 6.45) is -0.145. The van der Waals surface area contributed by atoms with Crippen molar-refractivity contribution in [3.8, 4) is 5.75 Å². The largest absolute Gasteiger partial charge is 0.426 e. The second kappa shape index (κ2) is 6.95. The lowest BCUT2D eigenvalue weighted by Gasteiger charge is -2.47. The van der Waals surface area contributed by atoms with Crippen LogP contribution < -0.4 is 4.74 Å². The molecule has 1 saturated heterocycles. The van der Waals surface area contributed by atoms with Crippen LogP contribution >= 0.6 is 15.9 Å². The van der Waals surface area contributed by atoms with Gasteiger partial charge in [0.05, 0.1) is 16.9 Å². The quantitative estimate of drug-likeness (QED) is 0.297. The van der Waals surface area contributed by atoms with Gasteiger partial charge in [0.15, 0.2) is 5.79 Å². The van der Waals surface area contributed by atoms with Gasteiger partial charge in [-0.2, -0.15) is 0 Å². The summed E-state index contributed by atoms with van der Waals surface area (Å²) in [4.78, 5) is 23.5. The summed E-state index contributed by atoms with van der Waals surface area (Å²) >= 11 is 3.43. The third-order valence-corrected chi connectivity index (χ3v) is 5.98. The molecule has 146 valence electrons. The Balaban J connectivity index is 1.81. The van der Waals surface area contributed by atoms with E-state index in [9.17, 15) is 14.9 Å². The molecule has 0 spiro atoms. The maximum Gasteiger partial charge on any atom is 0.317 e. The van der Waals surface area contributed by atoms with Crippen LogP contribution in [0.25, 0.3) is 0 Å². The lowest BCUT2D eigenvalue weighted by Crippen LogP contribution is -2.49. The highest BCUT2D eigenvalue weighted by Crippen LogP contribution is 2.53. The van der Waals surface area contributed by atoms with Crippen molar-refractivity contribution < 1.29 is 23.9 Å². The predicted octanol–water partition coefficient (Wildman–Crippen LogP) is 4.50. The standard InChI is InChI=1S/C20H18BrNO6/c1-20(26-2)10-15(11-3-5-12(21)6-4-11)17-18(28-20)14-8-7-13(22(24)25)9-16(14)27-19(17)23/h3-9,15,17-18H,10H2,1-2H3. The lowest BCUT2D eigenvalue weighted by atomic mass is 9.73. The van der Waals surface area contributed by atoms with Gasteiger partial charge >= 0.3 is 5.97 Å². The number of fused-ring (bicyclic) bond motifs is 3. The molecule has 7 nitrogen and oxygen atoms in total. The van der Waals surface area contributed by atoms with Crippen LogP contribution in [0.1, 0.15) is 36.5 Å². The lowest BCUT2D eigenvalue weighted by molar-refractivity contribution is -0.385. The highest BCUT2D eigenvalue weighted by molar-refractivity contribution is 9.10. The van der Waals surface area contributed by atoms with E-state index in [2.05, 4.69) is 15.9 Å². The Kier molecular flexibility index (Phi) is 4.73. The SMILES string of the molecule is COC1(C)CC(c2ccc(Br)cc2)C2C(=O)Oc3cc([N+](=O)[O-])ccc3C2O1. The van der Waals surface area contributed by atoms with Gasteiger partial charge in [-0.15, -0.1) is 0 Å². The van der Waals surface area contributed by atoms with Gasteiger partial charge in [0.2, 0.25) is 0 Å². The normalized spacial score (nSPS) is 28.8. The minimum absolute atomic E-state index is 0.139. The number of hydrogen-bond acceptors (Lipinski definition) is 6. The van der Waals surface area contributed by atoms with Gasteiger partial charge < -0.3 is 14.2 Å². The number of esters is 1. The first-order valence-electron chi connectivity index (χ1n) is 8.80. The maximum absolute atomic E-state index is 12.9. The highest BCUT2D eigenvalue weighted by Gasteiger charge is 2.53. The third kappa shape index (κ3) is 3.21. The maximum atomic E-state index is 12.9. The molecule has 4 unspecified atom stereocenters. The molecular formula is C20H18BrNO6. The highest BCUT2D eigenvalue weighted by atomic mass is 79.9. The molecule has 0 saturated carbocycles. The van der Waals surface area contributed by atoms with Gasteiger partial charge in [0.25, 0.3) is 5.69 Å². The molecule has 2 aromatic rings. The van der Waals surface area contributed by atoms with Gasteiger partial charge in [-0.25, -0.2) is 0 Å². The van der Waals surface area contributed by atoms with E-state index in [1.807, 2.05) is 31.2 Å². The number of carbonyl (C=O) groups is 1. The number of rotatable bonds is 3. The van der Waals surface area contributed by atoms with E-state index in [0.717, 1.165) is 10.0 Å². The Bertz CT molecular complexity index is 946. The second-order valence-electron chi connectivity index (χ2n) is 7.16. The van der Waals surface area contributed by atoms with Gasteiger partial charge in [-0.1, -0.05) is 28.1 Å². The number of carbonyl (C=O) groups excluding carboxylic acids is 1. The number of nitro groups is 1. The number of ether oxygens (including phenoxy) is 3. The number of benzene rings is 2. The van der Waals surface area contributed by atoms with Crippen LogP contribution in [0.2, 0.25) is 0 Å². The molecule has 0 aliphatic carbocycles. The van der Waals surface area contributed by atoms with Crippen molar-refractivity contribution in [1.29, 1.82) is 0 Å². The summed E-state index contributed by atoms with van der Waals surface area (Å²) in [5, 5.41) is 11.1. The van der Waals surface area contributed by atoms with Crippen molar-refractivity contribution in [3.63, 3.8) is 0 Å². The van der Waals surface area contributed by atoms with E-state index in [1.165, 1.54) is 12.1 Å². The van der Waals surface area contributed by atoms with Crippen molar-refractivity contribution >= 4 is 27.6 Å². The zero-order chi connectivity index (χ0) is 20.1. The van der Waals surface area contributed by atoms with Crippen LogP contribution in [0.4, 0.5) is 5.69 Å². The minimum atomic E-state index is -0.907. The van der Waals surface area contributed by atoms with Crippen LogP contribution in [-0.4, -0.2) is 23.8 Å². The summed E-state index contributed by atoms with van der Waals surface area (Å²) in [5.41, 5.74) is 1.45. The molecule has 4 rings (SSSR count). The fourth-order valence-corrected chi connectivity index (χ4v) is 4.24. The van der Waals surface area contributed by atoms with Crippen LogP contribution in [0, 0.1) is 16.0 Å². The van der Waals surface area contributed by atoms with E-state index in [4.69, 9.17) is 14.2 Å². The van der Waals surface area contributed by atoms with Crippen LogP contribution in [0.5, 0.6) is 5.75 Å². The molecule has 2 aliphatic heterocycles. The van der Waals surface area contributed by atoms with Crippen molar-refractivity contribution in [2.75, 3.05) is 7.11 Å². The number of non-ortho nitro benzene ring substituents is 1. The molecule has 2 heterocycles. The number of halogens is 1. The summed E-state index contributed by atoms with van der Waals surface area (Å²) in [7, 11) is 1.57. The second-order valence-corrected chi connectivity index (χ2v) is 8.08. The average molecular weight is 448 g/mol. The van der Waals surface area contributed by atoms with E-state index < -0.39 is 28.7 Å². The van der Waals surface area contributed by atoms with Crippen molar-refractivity contribution in [2.24, 2.45) is 5.92 Å². The van der Waals surface area contributed by atoms with Gasteiger partial charge in [0, 0.05) is 35.6 Å². The molecule has 0 aromatic heterocycles. The molecular weight excluding hydrogens is 430 g/mol. The fraction of sp³-hybridized carbons (Fsp3) is 0.350. The molecule has 1 fully saturated rings. The van der Waals surface area contributed by atoms with E-state index >= 15 is 0 Å². The monoisotopic (exact) mass is 447 g/mol. The van der Waals surface area contributed by atoms with Gasteiger partial charge in [-0.05, 0) is 30.7 Å². The van der Waals surface area contributed by atoms with Gasteiger partial charge in [-0.3, -0.25) is 14.9 Å². The molecule has 0 radical (unpaired) electrons. The van der Waals surface area contributed by atoms with Crippen LogP contribution in [0.3, 0.4) is 0 Å². The van der Waals surface area contributed by atoms with Crippen molar-refractivity contribution in [3.05, 3.63) is 68.2 Å². The zero-order valence-corrected chi connectivity index (χ0v) is 16.8. The Morgan fingerprint density at radius 1 is 1.25 bits per heavy atom. The summed E-state index contributed by atoms with van der Waals surface area (Å²) in [6.45, 7) is 1.83. The smallest absolute Gasteiger partial charge is 0.317 e. The summed E-state index contributed by atoms with van der Waals surface area (Å²) in [5.74, 6) is -1.96. The minimum Gasteiger partial charge on any atom is -0.426 e. The third-order valence-electron chi connectivity index (χ3n) is 5.45. The van der Waals surface area contributed by atoms with Crippen LogP contribution in [0.15, 0.2) is 46.9 Å². The molecule has 8 heteroatoms. The Labute approximate surface area is 169 Å². The first kappa shape index (κ1) is 19.0. The first-order chi connectivity index (χ1) is 13.3. The Morgan fingerprint density at radius 3 is 2.61 bits per heavy atom. The predicted molar refractivity (Wildman–Crippen MR) is 103 cm³/mol. The van der Waals surface area contributed by atoms with E-state index in [-0.39, 0.29) is 17.4 Å². The Hall–Kier alpha value is -2.29. The molecule has 28 heavy (non-hydrogen) atoms. The van der Waals surface area contributed by atoms with Crippen LogP contribution in [-0.2, 0) is 14.3 Å². The Morgan fingerprint density at radius 2 is 1.96 bits per heavy atom. The first-order valence-corrected chi connectivity index (χ1v) is 9.59. The summed E-state index contributed by atoms with van der Waals surface area (Å²) in [6, 6.07) is 12.0. The molecule has 0 amide bonds. The van der Waals surface area contributed by atoms with Crippen molar-refractivity contribution in [1.82, 2.24) is 0 Å². The fourth-order valence-electron chi connectivity index (χ4n) is 3.98. The van der Waals surface area contributed by atoms with Gasteiger partial charge in [0.1, 0.15) is 11.9 Å². The summed E-state index contributed by atoms with van der Waals surface area (Å²) < 4.78 is 18.3. The molecule has 0 N–H and O–H groups in total. The molecule has 2 aliphatic rings. The van der Waals surface area contributed by atoms with E-state index in [1.54, 1.807) is 13.2 Å². The topological polar surface area (TPSA) is 87.9 Å². The zero-order valence-electron chi connectivity index (χ0n) is 15.3. The van der Waals surface area contributed by atoms with Crippen molar-refractivity contribution in [2.45, 2.75) is 31.2 Å². The van der Waals surface area contributed by atoms with E-state index in [0.29, 0.717) is 12.0 Å². The molecule has 4 atom stereocenters. The molecule has 2 aromatic carbocycles. The number of methoxy groups -OCH3 is 1. The average Bonchev–Trinajstić information content (AvgIpc) is 2.67. The molecule has 0 bridgehead atoms. The number of nitro benzene ring substituents is 1.